The Labute approximate surface area is 124 Å². The highest BCUT2D eigenvalue weighted by atomic mass is 32.1. The quantitative estimate of drug-likeness (QED) is 0.854. The molecule has 2 aliphatic carbocycles. The maximum absolute atomic E-state index is 12.5. The number of fused-ring (bicyclic) bond motifs is 1. The van der Waals surface area contributed by atoms with Gasteiger partial charge in [-0.05, 0) is 52.6 Å². The third-order valence-electron chi connectivity index (χ3n) is 4.89. The number of amides is 1. The molecule has 0 bridgehead atoms. The van der Waals surface area contributed by atoms with Crippen LogP contribution < -0.4 is 0 Å². The highest BCUT2D eigenvalue weighted by Gasteiger charge is 2.41. The van der Waals surface area contributed by atoms with E-state index in [0.29, 0.717) is 5.01 Å². The number of carbonyl (C=O) groups excluding carboxylic acids is 1. The van der Waals surface area contributed by atoms with Crippen LogP contribution in [0, 0.1) is 0 Å². The fourth-order valence-corrected chi connectivity index (χ4v) is 4.43. The van der Waals surface area contributed by atoms with Crippen LogP contribution in [-0.2, 0) is 12.8 Å². The van der Waals surface area contributed by atoms with Gasteiger partial charge >= 0.3 is 0 Å². The highest BCUT2D eigenvalue weighted by Crippen LogP contribution is 2.37. The van der Waals surface area contributed by atoms with Crippen LogP contribution in [0.15, 0.2) is 0 Å². The van der Waals surface area contributed by atoms with Crippen molar-refractivity contribution in [2.24, 2.45) is 0 Å². The number of nitrogens with zero attached hydrogens (tertiary/aromatic N) is 3. The van der Waals surface area contributed by atoms with Crippen LogP contribution in [0.3, 0.4) is 0 Å². The molecular weight excluding hydrogens is 270 g/mol. The number of aromatic nitrogens is 1. The summed E-state index contributed by atoms with van der Waals surface area (Å²) in [6.45, 7) is 0.809. The smallest absolute Gasteiger partial charge is 0.282 e. The monoisotopic (exact) mass is 293 g/mol. The number of thiazole rings is 1. The van der Waals surface area contributed by atoms with Crippen LogP contribution in [-0.4, -0.2) is 53.9 Å². The lowest BCUT2D eigenvalue weighted by molar-refractivity contribution is 0.0252. The SMILES string of the molecule is CN(CC1(N(C)C)CCC1)C(=O)c1nc2c(s1)CCC2. The maximum Gasteiger partial charge on any atom is 0.282 e. The Kier molecular flexibility index (Phi) is 3.58. The molecule has 1 amide bonds. The normalized spacial score (nSPS) is 19.8. The predicted octanol–water partition coefficient (Wildman–Crippen LogP) is 2.19. The molecule has 0 radical (unpaired) electrons. The van der Waals surface area contributed by atoms with Crippen molar-refractivity contribution >= 4 is 17.2 Å². The third kappa shape index (κ3) is 2.27. The van der Waals surface area contributed by atoms with Crippen molar-refractivity contribution in [3.05, 3.63) is 15.6 Å². The van der Waals surface area contributed by atoms with Gasteiger partial charge in [0.1, 0.15) is 0 Å². The average Bonchev–Trinajstić information content (AvgIpc) is 2.92. The summed E-state index contributed by atoms with van der Waals surface area (Å²) in [5.41, 5.74) is 1.35. The second-order valence-electron chi connectivity index (χ2n) is 6.38. The van der Waals surface area contributed by atoms with Crippen molar-refractivity contribution in [2.75, 3.05) is 27.7 Å². The van der Waals surface area contributed by atoms with E-state index in [4.69, 9.17) is 0 Å². The highest BCUT2D eigenvalue weighted by molar-refractivity contribution is 7.13. The van der Waals surface area contributed by atoms with Crippen LogP contribution in [0.25, 0.3) is 0 Å². The first kappa shape index (κ1) is 14.0. The van der Waals surface area contributed by atoms with Gasteiger partial charge in [-0.2, -0.15) is 0 Å². The molecule has 0 aromatic carbocycles. The topological polar surface area (TPSA) is 36.4 Å². The predicted molar refractivity (Wildman–Crippen MR) is 81.4 cm³/mol. The fourth-order valence-electron chi connectivity index (χ4n) is 3.29. The van der Waals surface area contributed by atoms with Gasteiger partial charge in [-0.25, -0.2) is 4.98 Å². The lowest BCUT2D eigenvalue weighted by Gasteiger charge is -2.49. The summed E-state index contributed by atoms with van der Waals surface area (Å²) in [6, 6.07) is 0. The van der Waals surface area contributed by atoms with Crippen LogP contribution in [0.5, 0.6) is 0 Å². The van der Waals surface area contributed by atoms with E-state index >= 15 is 0 Å². The lowest BCUT2D eigenvalue weighted by atomic mass is 9.75. The molecule has 3 rings (SSSR count). The number of carbonyl (C=O) groups is 1. The Hall–Kier alpha value is -0.940. The first-order chi connectivity index (χ1) is 9.52. The largest absolute Gasteiger partial charge is 0.338 e. The minimum Gasteiger partial charge on any atom is -0.338 e. The van der Waals surface area contributed by atoms with Crippen LogP contribution in [0.1, 0.15) is 46.1 Å². The molecule has 110 valence electrons. The van der Waals surface area contributed by atoms with E-state index in [-0.39, 0.29) is 11.4 Å². The Morgan fingerprint density at radius 2 is 2.00 bits per heavy atom. The van der Waals surface area contributed by atoms with E-state index in [0.717, 1.165) is 25.1 Å². The van der Waals surface area contributed by atoms with Crippen LogP contribution in [0.4, 0.5) is 0 Å². The first-order valence-corrected chi connectivity index (χ1v) is 8.25. The summed E-state index contributed by atoms with van der Waals surface area (Å²) < 4.78 is 0. The van der Waals surface area contributed by atoms with Crippen LogP contribution in [0.2, 0.25) is 0 Å². The van der Waals surface area contributed by atoms with Gasteiger partial charge in [-0.1, -0.05) is 0 Å². The number of likely N-dealkylation sites (N-methyl/N-ethyl adjacent to an activating group) is 2. The fraction of sp³-hybridized carbons (Fsp3) is 0.733. The maximum atomic E-state index is 12.5. The Balaban J connectivity index is 1.70. The van der Waals surface area contributed by atoms with Crippen molar-refractivity contribution < 1.29 is 4.79 Å². The molecule has 1 heterocycles. The van der Waals surface area contributed by atoms with Gasteiger partial charge in [0.25, 0.3) is 5.91 Å². The summed E-state index contributed by atoms with van der Waals surface area (Å²) >= 11 is 1.60. The molecule has 5 heteroatoms. The van der Waals surface area contributed by atoms with E-state index < -0.39 is 0 Å². The minimum atomic E-state index is 0.0949. The summed E-state index contributed by atoms with van der Waals surface area (Å²) in [4.78, 5) is 22.6. The average molecular weight is 293 g/mol. The molecule has 1 fully saturated rings. The van der Waals surface area contributed by atoms with Crippen molar-refractivity contribution in [1.29, 1.82) is 0 Å². The molecular formula is C15H23N3OS. The van der Waals surface area contributed by atoms with Crippen molar-refractivity contribution in [2.45, 2.75) is 44.1 Å². The number of hydrogen-bond acceptors (Lipinski definition) is 4. The van der Waals surface area contributed by atoms with Crippen molar-refractivity contribution in [1.82, 2.24) is 14.8 Å². The molecule has 1 aromatic rings. The van der Waals surface area contributed by atoms with Crippen LogP contribution >= 0.6 is 11.3 Å². The molecule has 0 aliphatic heterocycles. The third-order valence-corrected chi connectivity index (χ3v) is 6.04. The zero-order chi connectivity index (χ0) is 14.3. The standard InChI is InChI=1S/C15H23N3OS/c1-17(2)15(8-5-9-15)10-18(3)14(19)13-16-11-6-4-7-12(11)20-13/h4-10H2,1-3H3. The minimum absolute atomic E-state index is 0.0949. The van der Waals surface area contributed by atoms with E-state index in [1.165, 1.54) is 30.6 Å². The van der Waals surface area contributed by atoms with E-state index in [9.17, 15) is 4.79 Å². The second kappa shape index (κ2) is 5.11. The van der Waals surface area contributed by atoms with Gasteiger partial charge in [0.05, 0.1) is 5.69 Å². The van der Waals surface area contributed by atoms with E-state index in [1.807, 2.05) is 11.9 Å². The molecule has 0 atom stereocenters. The molecule has 0 spiro atoms. The molecule has 1 aromatic heterocycles. The first-order valence-electron chi connectivity index (χ1n) is 7.43. The lowest BCUT2D eigenvalue weighted by Crippen LogP contribution is -2.57. The van der Waals surface area contributed by atoms with Gasteiger partial charge in [-0.15, -0.1) is 11.3 Å². The van der Waals surface area contributed by atoms with Gasteiger partial charge < -0.3 is 9.80 Å². The Bertz CT molecular complexity index is 498. The number of rotatable bonds is 4. The van der Waals surface area contributed by atoms with Crippen molar-refractivity contribution in [3.8, 4) is 0 Å². The van der Waals surface area contributed by atoms with Crippen molar-refractivity contribution in [3.63, 3.8) is 0 Å². The zero-order valence-electron chi connectivity index (χ0n) is 12.6. The second-order valence-corrected chi connectivity index (χ2v) is 7.46. The summed E-state index contributed by atoms with van der Waals surface area (Å²) in [5, 5.41) is 0.686. The van der Waals surface area contributed by atoms with E-state index in [2.05, 4.69) is 24.0 Å². The van der Waals surface area contributed by atoms with E-state index in [1.54, 1.807) is 11.3 Å². The molecule has 1 saturated carbocycles. The molecule has 4 nitrogen and oxygen atoms in total. The summed E-state index contributed by atoms with van der Waals surface area (Å²) in [6.07, 6.45) is 6.99. The number of hydrogen-bond donors (Lipinski definition) is 0. The summed E-state index contributed by atoms with van der Waals surface area (Å²) in [5.74, 6) is 0.0949. The molecule has 0 saturated heterocycles. The molecule has 0 N–H and O–H groups in total. The van der Waals surface area contributed by atoms with Gasteiger partial charge in [0.15, 0.2) is 5.01 Å². The Morgan fingerprint density at radius 3 is 2.55 bits per heavy atom. The Morgan fingerprint density at radius 1 is 1.25 bits per heavy atom. The van der Waals surface area contributed by atoms with Gasteiger partial charge in [0.2, 0.25) is 0 Å². The van der Waals surface area contributed by atoms with Gasteiger partial charge in [0, 0.05) is 24.0 Å². The molecule has 20 heavy (non-hydrogen) atoms. The van der Waals surface area contributed by atoms with Gasteiger partial charge in [-0.3, -0.25) is 4.79 Å². The molecule has 0 unspecified atom stereocenters. The molecule has 2 aliphatic rings. The zero-order valence-corrected chi connectivity index (χ0v) is 13.4. The summed E-state index contributed by atoms with van der Waals surface area (Å²) in [7, 11) is 6.16. The number of aryl methyl sites for hydroxylation is 2.